The van der Waals surface area contributed by atoms with Crippen molar-refractivity contribution in [2.75, 3.05) is 7.05 Å². The zero-order valence-corrected chi connectivity index (χ0v) is 14.5. The van der Waals surface area contributed by atoms with Crippen LogP contribution in [0.4, 0.5) is 13.2 Å². The molecule has 1 atom stereocenters. The first-order valence-corrected chi connectivity index (χ1v) is 8.95. The van der Waals surface area contributed by atoms with Gasteiger partial charge in [-0.15, -0.1) is 0 Å². The fourth-order valence-electron chi connectivity index (χ4n) is 2.29. The maximum Gasteiger partial charge on any atom is 0.418 e. The second-order valence-electron chi connectivity index (χ2n) is 5.21. The van der Waals surface area contributed by atoms with Crippen molar-refractivity contribution < 1.29 is 31.1 Å². The molecule has 0 aliphatic heterocycles. The van der Waals surface area contributed by atoms with E-state index in [0.29, 0.717) is 5.76 Å². The monoisotopic (exact) mass is 397 g/mol. The number of alkyl halides is 3. The number of hydrogen-bond acceptors (Lipinski definition) is 4. The SMILES string of the molecule is CNS(=O)(=O)c1cc(C(O)C(F)(F)F)c(CCc2ccco2)cc1Cl. The van der Waals surface area contributed by atoms with E-state index in [9.17, 15) is 26.7 Å². The standard InChI is InChI=1S/C15H15ClF3NO4S/c1-20-25(22,23)13-8-11(14(21)15(17,18)19)9(7-12(13)16)4-5-10-3-2-6-24-10/h2-3,6-8,14,20-21H,4-5H2,1H3. The largest absolute Gasteiger partial charge is 0.469 e. The number of halogens is 4. The van der Waals surface area contributed by atoms with Crippen molar-refractivity contribution in [2.24, 2.45) is 0 Å². The number of hydrogen-bond donors (Lipinski definition) is 2. The van der Waals surface area contributed by atoms with Gasteiger partial charge in [0.1, 0.15) is 10.7 Å². The van der Waals surface area contributed by atoms with Gasteiger partial charge >= 0.3 is 6.18 Å². The summed E-state index contributed by atoms with van der Waals surface area (Å²) in [7, 11) is -2.98. The molecule has 0 aliphatic carbocycles. The van der Waals surface area contributed by atoms with Gasteiger partial charge < -0.3 is 9.52 Å². The minimum absolute atomic E-state index is 0.0790. The van der Waals surface area contributed by atoms with Gasteiger partial charge in [0.05, 0.1) is 11.3 Å². The summed E-state index contributed by atoms with van der Waals surface area (Å²) in [5, 5.41) is 9.41. The van der Waals surface area contributed by atoms with Crippen molar-refractivity contribution in [1.82, 2.24) is 4.72 Å². The predicted molar refractivity (Wildman–Crippen MR) is 84.8 cm³/mol. The van der Waals surface area contributed by atoms with E-state index in [1.807, 2.05) is 4.72 Å². The van der Waals surface area contributed by atoms with Crippen molar-refractivity contribution in [2.45, 2.75) is 30.0 Å². The molecule has 1 unspecified atom stereocenters. The Bertz CT molecular complexity index is 835. The molecule has 2 rings (SSSR count). The number of nitrogens with one attached hydrogen (secondary N) is 1. The Morgan fingerprint density at radius 3 is 2.52 bits per heavy atom. The van der Waals surface area contributed by atoms with Crippen LogP contribution in [0.2, 0.25) is 5.02 Å². The molecule has 0 amide bonds. The van der Waals surface area contributed by atoms with Crippen LogP contribution >= 0.6 is 11.6 Å². The number of furan rings is 1. The first kappa shape index (κ1) is 19.8. The number of sulfonamides is 1. The molecule has 0 aliphatic rings. The predicted octanol–water partition coefficient (Wildman–Crippen LogP) is 3.22. The van der Waals surface area contributed by atoms with Gasteiger partial charge in [0.25, 0.3) is 0 Å². The summed E-state index contributed by atoms with van der Waals surface area (Å²) in [5.74, 6) is 0.537. The first-order valence-electron chi connectivity index (χ1n) is 7.09. The number of aryl methyl sites for hydroxylation is 2. The highest BCUT2D eigenvalue weighted by molar-refractivity contribution is 7.89. The highest BCUT2D eigenvalue weighted by atomic mass is 35.5. The highest BCUT2D eigenvalue weighted by Crippen LogP contribution is 2.37. The molecule has 0 radical (unpaired) electrons. The molecule has 1 aromatic heterocycles. The van der Waals surface area contributed by atoms with Gasteiger partial charge in [-0.25, -0.2) is 13.1 Å². The third-order valence-corrected chi connectivity index (χ3v) is 5.46. The minimum atomic E-state index is -4.95. The van der Waals surface area contributed by atoms with Crippen LogP contribution in [0, 0.1) is 0 Å². The van der Waals surface area contributed by atoms with Gasteiger partial charge in [-0.3, -0.25) is 0 Å². The minimum Gasteiger partial charge on any atom is -0.469 e. The Morgan fingerprint density at radius 2 is 2.00 bits per heavy atom. The Morgan fingerprint density at radius 1 is 1.32 bits per heavy atom. The molecule has 138 valence electrons. The van der Waals surface area contributed by atoms with E-state index < -0.39 is 32.8 Å². The second kappa shape index (κ2) is 7.36. The van der Waals surface area contributed by atoms with E-state index in [2.05, 4.69) is 0 Å². The summed E-state index contributed by atoms with van der Waals surface area (Å²) < 4.78 is 69.9. The summed E-state index contributed by atoms with van der Waals surface area (Å²) in [6.45, 7) is 0. The molecule has 10 heteroatoms. The van der Waals surface area contributed by atoms with Gasteiger partial charge in [0.2, 0.25) is 10.0 Å². The van der Waals surface area contributed by atoms with Crippen molar-refractivity contribution >= 4 is 21.6 Å². The van der Waals surface area contributed by atoms with Gasteiger partial charge in [-0.1, -0.05) is 11.6 Å². The molecule has 25 heavy (non-hydrogen) atoms. The van der Waals surface area contributed by atoms with Crippen LogP contribution in [0.15, 0.2) is 39.8 Å². The molecular weight excluding hydrogens is 383 g/mol. The van der Waals surface area contributed by atoms with E-state index in [4.69, 9.17) is 16.0 Å². The van der Waals surface area contributed by atoms with Crippen LogP contribution in [0.3, 0.4) is 0 Å². The Labute approximate surface area is 147 Å². The molecule has 0 bridgehead atoms. The van der Waals surface area contributed by atoms with Crippen LogP contribution in [0.1, 0.15) is 23.0 Å². The van der Waals surface area contributed by atoms with Crippen LogP contribution < -0.4 is 4.72 Å². The summed E-state index contributed by atoms with van der Waals surface area (Å²) in [6.07, 6.45) is -6.01. The van der Waals surface area contributed by atoms with Crippen LogP contribution in [0.5, 0.6) is 0 Å². The van der Waals surface area contributed by atoms with Crippen LogP contribution in [0.25, 0.3) is 0 Å². The van der Waals surface area contributed by atoms with Gasteiger partial charge in [0, 0.05) is 6.42 Å². The molecule has 1 heterocycles. The average Bonchev–Trinajstić information content (AvgIpc) is 3.04. The number of rotatable bonds is 6. The van der Waals surface area contributed by atoms with Gasteiger partial charge in [-0.2, -0.15) is 13.2 Å². The molecule has 0 fully saturated rings. The normalized spacial score (nSPS) is 13.8. The van der Waals surface area contributed by atoms with E-state index in [-0.39, 0.29) is 23.4 Å². The molecule has 5 nitrogen and oxygen atoms in total. The smallest absolute Gasteiger partial charge is 0.418 e. The molecule has 2 aromatic rings. The van der Waals surface area contributed by atoms with E-state index in [1.165, 1.54) is 6.26 Å². The van der Waals surface area contributed by atoms with Crippen molar-refractivity contribution in [3.8, 4) is 0 Å². The number of aliphatic hydroxyl groups excluding tert-OH is 1. The van der Waals surface area contributed by atoms with Crippen molar-refractivity contribution in [3.63, 3.8) is 0 Å². The fourth-order valence-corrected chi connectivity index (χ4v) is 3.59. The zero-order chi connectivity index (χ0) is 18.8. The van der Waals surface area contributed by atoms with Gasteiger partial charge in [-0.05, 0) is 48.9 Å². The Balaban J connectivity index is 2.51. The maximum absolute atomic E-state index is 13.0. The highest BCUT2D eigenvalue weighted by Gasteiger charge is 2.41. The molecule has 0 spiro atoms. The molecule has 1 aromatic carbocycles. The molecule has 0 saturated carbocycles. The lowest BCUT2D eigenvalue weighted by Gasteiger charge is -2.20. The lowest BCUT2D eigenvalue weighted by molar-refractivity contribution is -0.207. The van der Waals surface area contributed by atoms with Gasteiger partial charge in [0.15, 0.2) is 6.10 Å². The quantitative estimate of drug-likeness (QED) is 0.784. The molecule has 0 saturated heterocycles. The second-order valence-corrected chi connectivity index (χ2v) is 7.47. The third kappa shape index (κ3) is 4.55. The average molecular weight is 398 g/mol. The zero-order valence-electron chi connectivity index (χ0n) is 13.0. The maximum atomic E-state index is 13.0. The molecule has 2 N–H and O–H groups in total. The number of benzene rings is 1. The Kier molecular flexibility index (Phi) is 5.82. The van der Waals surface area contributed by atoms with Crippen LogP contribution in [-0.4, -0.2) is 26.7 Å². The van der Waals surface area contributed by atoms with E-state index >= 15 is 0 Å². The fraction of sp³-hybridized carbons (Fsp3) is 0.333. The summed E-state index contributed by atoms with van der Waals surface area (Å²) in [5.41, 5.74) is -0.474. The summed E-state index contributed by atoms with van der Waals surface area (Å²) >= 11 is 5.94. The van der Waals surface area contributed by atoms with E-state index in [1.54, 1.807) is 12.1 Å². The number of aliphatic hydroxyl groups is 1. The lowest BCUT2D eigenvalue weighted by atomic mass is 9.97. The van der Waals surface area contributed by atoms with Crippen molar-refractivity contribution in [1.29, 1.82) is 0 Å². The Hall–Kier alpha value is -1.55. The van der Waals surface area contributed by atoms with Crippen molar-refractivity contribution in [3.05, 3.63) is 52.4 Å². The lowest BCUT2D eigenvalue weighted by Crippen LogP contribution is -2.24. The molecular formula is C15H15ClF3NO4S. The first-order chi connectivity index (χ1) is 11.6. The summed E-state index contributed by atoms with van der Waals surface area (Å²) in [4.78, 5) is -0.531. The van der Waals surface area contributed by atoms with E-state index in [0.717, 1.165) is 19.2 Å². The summed E-state index contributed by atoms with van der Waals surface area (Å²) in [6, 6.07) is 5.17. The van der Waals surface area contributed by atoms with Crippen LogP contribution in [-0.2, 0) is 22.9 Å². The third-order valence-electron chi connectivity index (χ3n) is 3.58. The topological polar surface area (TPSA) is 79.5 Å².